The van der Waals surface area contributed by atoms with Crippen molar-refractivity contribution in [2.24, 2.45) is 0 Å². The molecule has 0 bridgehead atoms. The lowest BCUT2D eigenvalue weighted by Gasteiger charge is -2.10. The van der Waals surface area contributed by atoms with Gasteiger partial charge in [-0.3, -0.25) is 4.79 Å². The average Bonchev–Trinajstić information content (AvgIpc) is 2.04. The number of ether oxygens (including phenoxy) is 1. The van der Waals surface area contributed by atoms with Gasteiger partial charge in [-0.05, 0) is 6.92 Å². The van der Waals surface area contributed by atoms with Crippen molar-refractivity contribution in [3.8, 4) is 0 Å². The minimum absolute atomic E-state index is 0. The zero-order valence-corrected chi connectivity index (χ0v) is 9.24. The standard InChI is InChI=1S/C7H15NO3S.ClH/c1-2-11-4-3-8-6(5-12)7(9)10;/h6,8,12H,2-5H2,1H3,(H,9,10);1H/t6-;/m0./s1. The number of rotatable bonds is 7. The molecule has 0 rings (SSSR count). The lowest BCUT2D eigenvalue weighted by molar-refractivity contribution is -0.138. The molecule has 0 fully saturated rings. The van der Waals surface area contributed by atoms with Crippen molar-refractivity contribution in [3.63, 3.8) is 0 Å². The first-order valence-corrected chi connectivity index (χ1v) is 4.50. The molecule has 0 aliphatic heterocycles. The molecule has 0 unspecified atom stereocenters. The summed E-state index contributed by atoms with van der Waals surface area (Å²) in [7, 11) is 0. The summed E-state index contributed by atoms with van der Waals surface area (Å²) in [6.45, 7) is 3.63. The van der Waals surface area contributed by atoms with E-state index in [9.17, 15) is 4.79 Å². The summed E-state index contributed by atoms with van der Waals surface area (Å²) in [6.07, 6.45) is 0. The quantitative estimate of drug-likeness (QED) is 0.438. The highest BCUT2D eigenvalue weighted by Gasteiger charge is 2.13. The number of aliphatic carboxylic acids is 1. The molecule has 0 saturated carbocycles. The van der Waals surface area contributed by atoms with Gasteiger partial charge >= 0.3 is 5.97 Å². The highest BCUT2D eigenvalue weighted by atomic mass is 35.5. The van der Waals surface area contributed by atoms with E-state index in [-0.39, 0.29) is 12.4 Å². The number of hydrogen-bond acceptors (Lipinski definition) is 4. The summed E-state index contributed by atoms with van der Waals surface area (Å²) in [5.74, 6) is -0.580. The first kappa shape index (κ1) is 15.5. The van der Waals surface area contributed by atoms with E-state index in [2.05, 4.69) is 17.9 Å². The van der Waals surface area contributed by atoms with Gasteiger partial charge < -0.3 is 15.2 Å². The third kappa shape index (κ3) is 8.36. The summed E-state index contributed by atoms with van der Waals surface area (Å²) in [5, 5.41) is 11.4. The lowest BCUT2D eigenvalue weighted by atomic mass is 10.3. The third-order valence-electron chi connectivity index (χ3n) is 1.32. The van der Waals surface area contributed by atoms with E-state index in [0.29, 0.717) is 25.5 Å². The number of halogens is 1. The van der Waals surface area contributed by atoms with E-state index in [1.54, 1.807) is 0 Å². The highest BCUT2D eigenvalue weighted by Crippen LogP contribution is 1.87. The Morgan fingerprint density at radius 3 is 2.69 bits per heavy atom. The van der Waals surface area contributed by atoms with Crippen molar-refractivity contribution in [2.75, 3.05) is 25.5 Å². The topological polar surface area (TPSA) is 58.6 Å². The maximum Gasteiger partial charge on any atom is 0.321 e. The molecule has 4 nitrogen and oxygen atoms in total. The molecule has 1 atom stereocenters. The van der Waals surface area contributed by atoms with Crippen molar-refractivity contribution in [3.05, 3.63) is 0 Å². The van der Waals surface area contributed by atoms with E-state index < -0.39 is 12.0 Å². The Kier molecular flexibility index (Phi) is 12.1. The second-order valence-corrected chi connectivity index (χ2v) is 2.59. The second kappa shape index (κ2) is 10.1. The van der Waals surface area contributed by atoms with Crippen LogP contribution in [-0.2, 0) is 9.53 Å². The van der Waals surface area contributed by atoms with Gasteiger partial charge in [-0.25, -0.2) is 0 Å². The summed E-state index contributed by atoms with van der Waals surface area (Å²) < 4.78 is 5.03. The zero-order chi connectivity index (χ0) is 9.40. The molecule has 0 heterocycles. The zero-order valence-electron chi connectivity index (χ0n) is 7.52. The van der Waals surface area contributed by atoms with Gasteiger partial charge in [-0.2, -0.15) is 12.6 Å². The fourth-order valence-electron chi connectivity index (χ4n) is 0.680. The van der Waals surface area contributed by atoms with Crippen LogP contribution >= 0.6 is 25.0 Å². The Labute approximate surface area is 89.9 Å². The number of carboxylic acids is 1. The van der Waals surface area contributed by atoms with Gasteiger partial charge in [0, 0.05) is 18.9 Å². The summed E-state index contributed by atoms with van der Waals surface area (Å²) in [5.41, 5.74) is 0. The van der Waals surface area contributed by atoms with E-state index >= 15 is 0 Å². The van der Waals surface area contributed by atoms with Crippen LogP contribution in [-0.4, -0.2) is 42.6 Å². The first-order chi connectivity index (χ1) is 5.72. The normalized spacial score (nSPS) is 11.8. The molecule has 0 aromatic rings. The first-order valence-electron chi connectivity index (χ1n) is 3.87. The molecular weight excluding hydrogens is 214 g/mol. The van der Waals surface area contributed by atoms with Crippen molar-refractivity contribution >= 4 is 31.0 Å². The Balaban J connectivity index is 0. The predicted octanol–water partition coefficient (Wildman–Crippen LogP) is 0.417. The van der Waals surface area contributed by atoms with Crippen LogP contribution in [0.4, 0.5) is 0 Å². The van der Waals surface area contributed by atoms with Crippen LogP contribution in [0.15, 0.2) is 0 Å². The predicted molar refractivity (Wildman–Crippen MR) is 57.0 cm³/mol. The van der Waals surface area contributed by atoms with Crippen LogP contribution in [0.1, 0.15) is 6.92 Å². The molecule has 0 radical (unpaired) electrons. The molecule has 80 valence electrons. The smallest absolute Gasteiger partial charge is 0.321 e. The second-order valence-electron chi connectivity index (χ2n) is 2.22. The van der Waals surface area contributed by atoms with Gasteiger partial charge in [0.25, 0.3) is 0 Å². The van der Waals surface area contributed by atoms with Gasteiger partial charge in [0.15, 0.2) is 0 Å². The minimum Gasteiger partial charge on any atom is -0.480 e. The Bertz CT molecular complexity index is 137. The Morgan fingerprint density at radius 2 is 2.31 bits per heavy atom. The average molecular weight is 230 g/mol. The number of carbonyl (C=O) groups is 1. The summed E-state index contributed by atoms with van der Waals surface area (Å²) in [6, 6.07) is -0.575. The molecule has 0 spiro atoms. The maximum absolute atomic E-state index is 10.4. The SMILES string of the molecule is CCOCCN[C@@H](CS)C(=O)O.Cl. The molecule has 0 aliphatic carbocycles. The summed E-state index contributed by atoms with van der Waals surface area (Å²) >= 11 is 3.90. The maximum atomic E-state index is 10.4. The Hall–Kier alpha value is 0.0300. The third-order valence-corrected chi connectivity index (χ3v) is 1.69. The number of nitrogens with one attached hydrogen (secondary N) is 1. The minimum atomic E-state index is -0.874. The van der Waals surface area contributed by atoms with Gasteiger partial charge in [-0.15, -0.1) is 12.4 Å². The number of hydrogen-bond donors (Lipinski definition) is 3. The van der Waals surface area contributed by atoms with E-state index in [1.807, 2.05) is 6.92 Å². The molecule has 0 amide bonds. The van der Waals surface area contributed by atoms with Crippen LogP contribution in [0.3, 0.4) is 0 Å². The van der Waals surface area contributed by atoms with Crippen LogP contribution in [0.2, 0.25) is 0 Å². The molecule has 0 aromatic carbocycles. The van der Waals surface area contributed by atoms with Crippen molar-refractivity contribution in [2.45, 2.75) is 13.0 Å². The van der Waals surface area contributed by atoms with E-state index in [1.165, 1.54) is 0 Å². The molecular formula is C7H16ClNO3S. The van der Waals surface area contributed by atoms with E-state index in [0.717, 1.165) is 0 Å². The van der Waals surface area contributed by atoms with Gasteiger partial charge in [0.1, 0.15) is 6.04 Å². The number of thiol groups is 1. The van der Waals surface area contributed by atoms with Crippen molar-refractivity contribution in [1.29, 1.82) is 0 Å². The lowest BCUT2D eigenvalue weighted by Crippen LogP contribution is -2.39. The van der Waals surface area contributed by atoms with Crippen molar-refractivity contribution < 1.29 is 14.6 Å². The van der Waals surface area contributed by atoms with E-state index in [4.69, 9.17) is 9.84 Å². The molecule has 0 aliphatic rings. The molecule has 2 N–H and O–H groups in total. The summed E-state index contributed by atoms with van der Waals surface area (Å²) in [4.78, 5) is 10.4. The van der Waals surface area contributed by atoms with Crippen LogP contribution in [0, 0.1) is 0 Å². The Morgan fingerprint density at radius 1 is 1.69 bits per heavy atom. The molecule has 0 aromatic heterocycles. The molecule has 0 saturated heterocycles. The van der Waals surface area contributed by atoms with Crippen LogP contribution < -0.4 is 5.32 Å². The fourth-order valence-corrected chi connectivity index (χ4v) is 0.965. The van der Waals surface area contributed by atoms with Crippen molar-refractivity contribution in [1.82, 2.24) is 5.32 Å². The fraction of sp³-hybridized carbons (Fsp3) is 0.857. The monoisotopic (exact) mass is 229 g/mol. The van der Waals surface area contributed by atoms with Gasteiger partial charge in [0.05, 0.1) is 6.61 Å². The van der Waals surface area contributed by atoms with Crippen LogP contribution in [0.5, 0.6) is 0 Å². The largest absolute Gasteiger partial charge is 0.480 e. The number of carboxylic acid groups (broad SMARTS) is 1. The van der Waals surface area contributed by atoms with Gasteiger partial charge in [0.2, 0.25) is 0 Å². The van der Waals surface area contributed by atoms with Gasteiger partial charge in [-0.1, -0.05) is 0 Å². The van der Waals surface area contributed by atoms with Crippen LogP contribution in [0.25, 0.3) is 0 Å². The highest BCUT2D eigenvalue weighted by molar-refractivity contribution is 7.80. The molecule has 6 heteroatoms. The molecule has 13 heavy (non-hydrogen) atoms.